The van der Waals surface area contributed by atoms with Gasteiger partial charge in [-0.2, -0.15) is 0 Å². The Morgan fingerprint density at radius 3 is 2.42 bits per heavy atom. The number of rotatable bonds is 3. The molecular weight excluding hydrogens is 322 g/mol. The molecule has 1 atom stereocenters. The molecule has 0 radical (unpaired) electrons. The lowest BCUT2D eigenvalue weighted by molar-refractivity contribution is 0.415. The maximum atomic E-state index is 12.9. The van der Waals surface area contributed by atoms with Crippen molar-refractivity contribution in [1.82, 2.24) is 20.3 Å². The molecule has 1 aliphatic heterocycles. The number of benzene rings is 1. The third-order valence-electron chi connectivity index (χ3n) is 4.06. The van der Waals surface area contributed by atoms with Crippen LogP contribution in [-0.2, 0) is 17.5 Å². The highest BCUT2D eigenvalue weighted by atomic mass is 32.2. The molecule has 5 N–H and O–H groups in total. The largest absolute Gasteiger partial charge is 0.326 e. The SMILES string of the molecule is NCc1cccc(S(=O)N2CCCNCCNCCCNCC2)c1. The van der Waals surface area contributed by atoms with Crippen LogP contribution in [0, 0.1) is 0 Å². The molecule has 0 bridgehead atoms. The summed E-state index contributed by atoms with van der Waals surface area (Å²) in [6.45, 7) is 7.90. The summed E-state index contributed by atoms with van der Waals surface area (Å²) in [5, 5.41) is 10.3. The second kappa shape index (κ2) is 11.7. The van der Waals surface area contributed by atoms with Crippen molar-refractivity contribution in [2.75, 3.05) is 52.4 Å². The van der Waals surface area contributed by atoms with Crippen molar-refractivity contribution in [3.63, 3.8) is 0 Å². The van der Waals surface area contributed by atoms with Crippen LogP contribution >= 0.6 is 0 Å². The van der Waals surface area contributed by atoms with Gasteiger partial charge < -0.3 is 21.7 Å². The summed E-state index contributed by atoms with van der Waals surface area (Å²) < 4.78 is 15.0. The van der Waals surface area contributed by atoms with Gasteiger partial charge in [-0.05, 0) is 50.2 Å². The van der Waals surface area contributed by atoms with Gasteiger partial charge >= 0.3 is 0 Å². The third kappa shape index (κ3) is 6.96. The Morgan fingerprint density at radius 2 is 1.67 bits per heavy atom. The van der Waals surface area contributed by atoms with Crippen molar-refractivity contribution in [2.24, 2.45) is 5.73 Å². The van der Waals surface area contributed by atoms with Crippen molar-refractivity contribution in [3.8, 4) is 0 Å². The number of hydrogen-bond acceptors (Lipinski definition) is 5. The van der Waals surface area contributed by atoms with E-state index in [9.17, 15) is 4.21 Å². The number of hydrogen-bond donors (Lipinski definition) is 4. The third-order valence-corrected chi connectivity index (χ3v) is 5.55. The van der Waals surface area contributed by atoms with E-state index in [2.05, 4.69) is 20.3 Å². The van der Waals surface area contributed by atoms with Gasteiger partial charge in [-0.15, -0.1) is 0 Å². The highest BCUT2D eigenvalue weighted by Crippen LogP contribution is 2.13. The molecule has 6 nitrogen and oxygen atoms in total. The molecule has 1 unspecified atom stereocenters. The molecule has 1 fully saturated rings. The molecule has 1 saturated heterocycles. The summed E-state index contributed by atoms with van der Waals surface area (Å²) >= 11 is 0. The van der Waals surface area contributed by atoms with Crippen molar-refractivity contribution in [2.45, 2.75) is 24.3 Å². The van der Waals surface area contributed by atoms with Crippen LogP contribution in [0.3, 0.4) is 0 Å². The lowest BCUT2D eigenvalue weighted by atomic mass is 10.2. The summed E-state index contributed by atoms with van der Waals surface area (Å²) in [6.07, 6.45) is 2.10. The van der Waals surface area contributed by atoms with Gasteiger partial charge in [0, 0.05) is 39.3 Å². The fourth-order valence-corrected chi connectivity index (χ4v) is 3.98. The lowest BCUT2D eigenvalue weighted by Gasteiger charge is -2.22. The predicted molar refractivity (Wildman–Crippen MR) is 100 cm³/mol. The molecule has 0 amide bonds. The molecule has 0 aliphatic carbocycles. The summed E-state index contributed by atoms with van der Waals surface area (Å²) in [5.74, 6) is 0. The van der Waals surface area contributed by atoms with Crippen LogP contribution < -0.4 is 21.7 Å². The van der Waals surface area contributed by atoms with Crippen LogP contribution in [0.4, 0.5) is 0 Å². The van der Waals surface area contributed by atoms with Gasteiger partial charge in [-0.25, -0.2) is 8.51 Å². The van der Waals surface area contributed by atoms with Gasteiger partial charge in [0.15, 0.2) is 0 Å². The molecule has 1 aromatic rings. The van der Waals surface area contributed by atoms with E-state index in [4.69, 9.17) is 5.73 Å². The number of nitrogens with zero attached hydrogens (tertiary/aromatic N) is 1. The molecule has 136 valence electrons. The molecule has 1 aliphatic rings. The lowest BCUT2D eigenvalue weighted by Crippen LogP contribution is -2.37. The first kappa shape index (κ1) is 19.5. The first-order valence-electron chi connectivity index (χ1n) is 8.89. The van der Waals surface area contributed by atoms with Crippen molar-refractivity contribution < 1.29 is 4.21 Å². The maximum Gasteiger partial charge on any atom is 0.127 e. The van der Waals surface area contributed by atoms with E-state index in [1.165, 1.54) is 0 Å². The van der Waals surface area contributed by atoms with Gasteiger partial charge in [0.05, 0.1) is 4.90 Å². The highest BCUT2D eigenvalue weighted by molar-refractivity contribution is 7.82. The maximum absolute atomic E-state index is 12.9. The Kier molecular flexibility index (Phi) is 9.48. The van der Waals surface area contributed by atoms with Crippen LogP contribution in [0.1, 0.15) is 18.4 Å². The average molecular weight is 354 g/mol. The first-order valence-corrected chi connectivity index (χ1v) is 10.00. The molecule has 2 rings (SSSR count). The van der Waals surface area contributed by atoms with Crippen LogP contribution in [0.2, 0.25) is 0 Å². The fraction of sp³-hybridized carbons (Fsp3) is 0.647. The average Bonchev–Trinajstić information content (AvgIpc) is 2.63. The van der Waals surface area contributed by atoms with E-state index >= 15 is 0 Å². The van der Waals surface area contributed by atoms with Crippen molar-refractivity contribution in [3.05, 3.63) is 29.8 Å². The summed E-state index contributed by atoms with van der Waals surface area (Å²) in [4.78, 5) is 0.844. The molecule has 0 aromatic heterocycles. The summed E-state index contributed by atoms with van der Waals surface area (Å²) in [5.41, 5.74) is 6.73. The Balaban J connectivity index is 1.95. The van der Waals surface area contributed by atoms with Crippen LogP contribution in [0.25, 0.3) is 0 Å². The molecule has 0 saturated carbocycles. The van der Waals surface area contributed by atoms with Crippen LogP contribution in [-0.4, -0.2) is 60.9 Å². The molecule has 7 heteroatoms. The topological polar surface area (TPSA) is 82.4 Å². The minimum Gasteiger partial charge on any atom is -0.326 e. The quantitative estimate of drug-likeness (QED) is 0.616. The Bertz CT molecular complexity index is 486. The number of nitrogens with two attached hydrogens (primary N) is 1. The Morgan fingerprint density at radius 1 is 0.958 bits per heavy atom. The monoisotopic (exact) mass is 353 g/mol. The Hall–Kier alpha value is -0.830. The summed E-state index contributed by atoms with van der Waals surface area (Å²) in [6, 6.07) is 7.80. The van der Waals surface area contributed by atoms with Gasteiger partial charge in [0.1, 0.15) is 11.0 Å². The van der Waals surface area contributed by atoms with Gasteiger partial charge in [0.25, 0.3) is 0 Å². The van der Waals surface area contributed by atoms with Crippen LogP contribution in [0.15, 0.2) is 29.2 Å². The molecule has 1 heterocycles. The standard InChI is InChI=1S/C17H31N5OS/c18-15-16-4-1-5-17(14-16)24(23)22-12-3-8-20-10-9-19-6-2-7-21-11-13-22/h1,4-5,14,19-21H,2-3,6-13,15,18H2. The fourth-order valence-electron chi connectivity index (χ4n) is 2.68. The zero-order valence-corrected chi connectivity index (χ0v) is 15.2. The van der Waals surface area contributed by atoms with Gasteiger partial charge in [-0.3, -0.25) is 0 Å². The van der Waals surface area contributed by atoms with E-state index in [0.717, 1.165) is 75.7 Å². The minimum absolute atomic E-state index is 0.477. The van der Waals surface area contributed by atoms with E-state index in [1.54, 1.807) is 0 Å². The van der Waals surface area contributed by atoms with Crippen molar-refractivity contribution in [1.29, 1.82) is 0 Å². The summed E-state index contributed by atoms with van der Waals surface area (Å²) in [7, 11) is -1.13. The van der Waals surface area contributed by atoms with E-state index < -0.39 is 11.0 Å². The predicted octanol–water partition coefficient (Wildman–Crippen LogP) is 0.0325. The zero-order chi connectivity index (χ0) is 17.0. The van der Waals surface area contributed by atoms with Crippen LogP contribution in [0.5, 0.6) is 0 Å². The highest BCUT2D eigenvalue weighted by Gasteiger charge is 2.15. The second-order valence-corrected chi connectivity index (χ2v) is 7.47. The van der Waals surface area contributed by atoms with E-state index in [0.29, 0.717) is 6.54 Å². The normalized spacial score (nSPS) is 21.0. The van der Waals surface area contributed by atoms with Gasteiger partial charge in [0.2, 0.25) is 0 Å². The Labute approximate surface area is 148 Å². The van der Waals surface area contributed by atoms with E-state index in [-0.39, 0.29) is 0 Å². The van der Waals surface area contributed by atoms with Crippen molar-refractivity contribution >= 4 is 11.0 Å². The van der Waals surface area contributed by atoms with E-state index in [1.807, 2.05) is 24.3 Å². The molecule has 0 spiro atoms. The molecule has 24 heavy (non-hydrogen) atoms. The van der Waals surface area contributed by atoms with Gasteiger partial charge in [-0.1, -0.05) is 12.1 Å². The molecule has 1 aromatic carbocycles. The molecular formula is C17H31N5OS. The number of nitrogens with one attached hydrogen (secondary N) is 3. The smallest absolute Gasteiger partial charge is 0.127 e. The zero-order valence-electron chi connectivity index (χ0n) is 14.4. The minimum atomic E-state index is -1.13. The second-order valence-electron chi connectivity index (χ2n) is 5.99. The first-order chi connectivity index (χ1) is 11.8.